The Morgan fingerprint density at radius 3 is 2.47 bits per heavy atom. The molecule has 152 valence electrons. The van der Waals surface area contributed by atoms with E-state index in [0.717, 1.165) is 38.9 Å². The minimum absolute atomic E-state index is 0.154. The third-order valence-electron chi connectivity index (χ3n) is 5.20. The molecule has 3 aromatic carbocycles. The molecule has 0 radical (unpaired) electrons. The van der Waals surface area contributed by atoms with Gasteiger partial charge in [-0.15, -0.1) is 0 Å². The van der Waals surface area contributed by atoms with Crippen LogP contribution in [-0.4, -0.2) is 18.7 Å². The molecule has 0 amide bonds. The van der Waals surface area contributed by atoms with E-state index in [9.17, 15) is 4.39 Å². The first-order chi connectivity index (χ1) is 14.7. The number of hydrogen-bond acceptors (Lipinski definition) is 3. The van der Waals surface area contributed by atoms with Gasteiger partial charge in [0.15, 0.2) is 0 Å². The smallest absolute Gasteiger partial charge is 0.123 e. The second-order valence-corrected chi connectivity index (χ2v) is 7.41. The van der Waals surface area contributed by atoms with E-state index in [4.69, 9.17) is 14.5 Å². The third-order valence-corrected chi connectivity index (χ3v) is 5.20. The van der Waals surface area contributed by atoms with Crippen LogP contribution in [0.1, 0.15) is 24.0 Å². The average molecular weight is 401 g/mol. The van der Waals surface area contributed by atoms with Gasteiger partial charge in [0.2, 0.25) is 0 Å². The Labute approximate surface area is 176 Å². The number of fused-ring (bicyclic) bond motifs is 1. The van der Waals surface area contributed by atoms with E-state index in [1.807, 2.05) is 66.9 Å². The van der Waals surface area contributed by atoms with Gasteiger partial charge in [-0.2, -0.15) is 0 Å². The lowest BCUT2D eigenvalue weighted by Gasteiger charge is -2.18. The Morgan fingerprint density at radius 2 is 1.73 bits per heavy atom. The van der Waals surface area contributed by atoms with Gasteiger partial charge in [0.05, 0.1) is 12.1 Å². The number of aromatic nitrogens is 1. The maximum atomic E-state index is 13.5. The zero-order valence-corrected chi connectivity index (χ0v) is 17.1. The van der Waals surface area contributed by atoms with Crippen molar-refractivity contribution in [3.63, 3.8) is 0 Å². The molecule has 0 N–H and O–H groups in total. The molecule has 0 fully saturated rings. The highest BCUT2D eigenvalue weighted by molar-refractivity contribution is 5.96. The summed E-state index contributed by atoms with van der Waals surface area (Å²) >= 11 is 0. The van der Waals surface area contributed by atoms with Gasteiger partial charge in [0.25, 0.3) is 0 Å². The van der Waals surface area contributed by atoms with Crippen molar-refractivity contribution in [1.82, 2.24) is 4.98 Å². The van der Waals surface area contributed by atoms with Crippen LogP contribution in [0.3, 0.4) is 0 Å². The van der Waals surface area contributed by atoms with Gasteiger partial charge in [-0.05, 0) is 46.5 Å². The van der Waals surface area contributed by atoms with Crippen molar-refractivity contribution in [3.8, 4) is 16.9 Å². The largest absolute Gasteiger partial charge is 0.489 e. The lowest BCUT2D eigenvalue weighted by atomic mass is 9.90. The van der Waals surface area contributed by atoms with Gasteiger partial charge in [0, 0.05) is 30.7 Å². The first-order valence-electron chi connectivity index (χ1n) is 10.00. The fourth-order valence-corrected chi connectivity index (χ4v) is 3.67. The minimum atomic E-state index is -0.250. The summed E-state index contributed by atoms with van der Waals surface area (Å²) in [6, 6.07) is 22.6. The van der Waals surface area contributed by atoms with Gasteiger partial charge in [-0.25, -0.2) is 4.39 Å². The Kier molecular flexibility index (Phi) is 6.05. The number of ether oxygens (including phenoxy) is 2. The summed E-state index contributed by atoms with van der Waals surface area (Å²) < 4.78 is 24.9. The van der Waals surface area contributed by atoms with Crippen molar-refractivity contribution in [2.45, 2.75) is 19.4 Å². The van der Waals surface area contributed by atoms with Crippen molar-refractivity contribution in [2.24, 2.45) is 0 Å². The van der Waals surface area contributed by atoms with E-state index in [0.29, 0.717) is 13.2 Å². The van der Waals surface area contributed by atoms with E-state index in [-0.39, 0.29) is 11.7 Å². The molecule has 0 aliphatic heterocycles. The fourth-order valence-electron chi connectivity index (χ4n) is 3.67. The van der Waals surface area contributed by atoms with Crippen molar-refractivity contribution >= 4 is 10.9 Å². The summed E-state index contributed by atoms with van der Waals surface area (Å²) in [4.78, 5) is 4.69. The molecule has 1 heterocycles. The van der Waals surface area contributed by atoms with Gasteiger partial charge in [-0.3, -0.25) is 4.98 Å². The Bertz CT molecular complexity index is 1130. The van der Waals surface area contributed by atoms with Crippen LogP contribution < -0.4 is 4.74 Å². The van der Waals surface area contributed by atoms with Crippen LogP contribution in [0.4, 0.5) is 4.39 Å². The summed E-state index contributed by atoms with van der Waals surface area (Å²) in [5, 5.41) is 1.01. The Morgan fingerprint density at radius 1 is 0.967 bits per heavy atom. The van der Waals surface area contributed by atoms with E-state index < -0.39 is 0 Å². The standard InChI is InChI=1S/C26H24FNO2/c1-18(16-29-2)24-15-28-25-14-22(30-17-19-6-4-3-5-7-19)12-13-23(25)26(24)20-8-10-21(27)11-9-20/h3-15,18H,16-17H2,1-2H3. The predicted molar refractivity (Wildman–Crippen MR) is 118 cm³/mol. The number of hydrogen-bond donors (Lipinski definition) is 0. The molecule has 1 unspecified atom stereocenters. The van der Waals surface area contributed by atoms with Crippen LogP contribution in [0.25, 0.3) is 22.0 Å². The van der Waals surface area contributed by atoms with Crippen molar-refractivity contribution in [1.29, 1.82) is 0 Å². The second kappa shape index (κ2) is 9.06. The molecule has 30 heavy (non-hydrogen) atoms. The molecule has 4 rings (SSSR count). The number of methoxy groups -OCH3 is 1. The number of halogens is 1. The summed E-state index contributed by atoms with van der Waals surface area (Å²) in [5.41, 5.74) is 5.04. The zero-order valence-electron chi connectivity index (χ0n) is 17.1. The molecule has 0 spiro atoms. The lowest BCUT2D eigenvalue weighted by Crippen LogP contribution is -2.05. The highest BCUT2D eigenvalue weighted by Gasteiger charge is 2.17. The third kappa shape index (κ3) is 4.34. The van der Waals surface area contributed by atoms with Crippen molar-refractivity contribution < 1.29 is 13.9 Å². The van der Waals surface area contributed by atoms with Gasteiger partial charge in [-0.1, -0.05) is 49.4 Å². The first kappa shape index (κ1) is 20.0. The lowest BCUT2D eigenvalue weighted by molar-refractivity contribution is 0.184. The van der Waals surface area contributed by atoms with E-state index in [2.05, 4.69) is 6.92 Å². The Balaban J connectivity index is 1.74. The Hall–Kier alpha value is -3.24. The highest BCUT2D eigenvalue weighted by Crippen LogP contribution is 2.36. The number of rotatable bonds is 7. The maximum Gasteiger partial charge on any atom is 0.123 e. The number of nitrogens with zero attached hydrogens (tertiary/aromatic N) is 1. The maximum absolute atomic E-state index is 13.5. The predicted octanol–water partition coefficient (Wildman–Crippen LogP) is 6.37. The molecule has 4 heteroatoms. The van der Waals surface area contributed by atoms with Gasteiger partial charge in [0.1, 0.15) is 18.2 Å². The summed E-state index contributed by atoms with van der Waals surface area (Å²) in [6.07, 6.45) is 1.89. The zero-order chi connectivity index (χ0) is 20.9. The van der Waals surface area contributed by atoms with E-state index in [1.165, 1.54) is 12.1 Å². The van der Waals surface area contributed by atoms with E-state index in [1.54, 1.807) is 7.11 Å². The molecule has 4 aromatic rings. The number of pyridine rings is 1. The molecule has 1 aromatic heterocycles. The van der Waals surface area contributed by atoms with Crippen LogP contribution >= 0.6 is 0 Å². The summed E-state index contributed by atoms with van der Waals surface area (Å²) in [7, 11) is 1.69. The van der Waals surface area contributed by atoms with Crippen LogP contribution in [0, 0.1) is 5.82 Å². The highest BCUT2D eigenvalue weighted by atomic mass is 19.1. The molecule has 0 saturated heterocycles. The van der Waals surface area contributed by atoms with Gasteiger partial charge < -0.3 is 9.47 Å². The normalized spacial score (nSPS) is 12.1. The second-order valence-electron chi connectivity index (χ2n) is 7.41. The van der Waals surface area contributed by atoms with Gasteiger partial charge >= 0.3 is 0 Å². The quantitative estimate of drug-likeness (QED) is 0.361. The molecular formula is C26H24FNO2. The molecular weight excluding hydrogens is 377 g/mol. The summed E-state index contributed by atoms with van der Waals surface area (Å²) in [6.45, 7) is 3.19. The van der Waals surface area contributed by atoms with Crippen molar-refractivity contribution in [3.05, 3.63) is 95.9 Å². The van der Waals surface area contributed by atoms with Crippen LogP contribution in [0.2, 0.25) is 0 Å². The van der Waals surface area contributed by atoms with Crippen LogP contribution in [0.5, 0.6) is 5.75 Å². The molecule has 0 saturated carbocycles. The molecule has 0 bridgehead atoms. The minimum Gasteiger partial charge on any atom is -0.489 e. The number of benzene rings is 3. The van der Waals surface area contributed by atoms with E-state index >= 15 is 0 Å². The van der Waals surface area contributed by atoms with Crippen LogP contribution in [0.15, 0.2) is 79.0 Å². The van der Waals surface area contributed by atoms with Crippen LogP contribution in [-0.2, 0) is 11.3 Å². The van der Waals surface area contributed by atoms with Crippen molar-refractivity contribution in [2.75, 3.05) is 13.7 Å². The first-order valence-corrected chi connectivity index (χ1v) is 10.00. The molecule has 0 aliphatic rings. The monoisotopic (exact) mass is 401 g/mol. The molecule has 0 aliphatic carbocycles. The average Bonchev–Trinajstić information content (AvgIpc) is 2.78. The molecule has 1 atom stereocenters. The molecule has 3 nitrogen and oxygen atoms in total. The fraction of sp³-hybridized carbons (Fsp3) is 0.192. The topological polar surface area (TPSA) is 31.4 Å². The SMILES string of the molecule is COCC(C)c1cnc2cc(OCc3ccccc3)ccc2c1-c1ccc(F)cc1. The summed E-state index contributed by atoms with van der Waals surface area (Å²) in [5.74, 6) is 0.669.